The van der Waals surface area contributed by atoms with E-state index in [9.17, 15) is 31.1 Å². The predicted octanol–water partition coefficient (Wildman–Crippen LogP) is 5.31. The number of alkyl halides is 6. The Morgan fingerprint density at radius 2 is 1.61 bits per heavy atom. The van der Waals surface area contributed by atoms with Gasteiger partial charge in [-0.05, 0) is 42.5 Å². The zero-order chi connectivity index (χ0) is 22.6. The molecule has 5 nitrogen and oxygen atoms in total. The zero-order valence-corrected chi connectivity index (χ0v) is 16.1. The summed E-state index contributed by atoms with van der Waals surface area (Å²) in [6.45, 7) is 0. The highest BCUT2D eigenvalue weighted by Gasteiger charge is 2.37. The number of carbonyl (C=O) groups excluding carboxylic acids is 1. The van der Waals surface area contributed by atoms with Crippen LogP contribution in [-0.4, -0.2) is 26.8 Å². The molecule has 0 aliphatic heterocycles. The highest BCUT2D eigenvalue weighted by Crippen LogP contribution is 2.37. The molecule has 2 heterocycles. The van der Waals surface area contributed by atoms with Crippen LogP contribution >= 0.6 is 11.8 Å². The van der Waals surface area contributed by atoms with Crippen molar-refractivity contribution >= 4 is 23.4 Å². The molecule has 3 aromatic rings. The van der Waals surface area contributed by atoms with Crippen molar-refractivity contribution in [3.63, 3.8) is 0 Å². The second-order valence-electron chi connectivity index (χ2n) is 6.13. The van der Waals surface area contributed by atoms with Crippen molar-refractivity contribution in [3.8, 4) is 11.3 Å². The minimum Gasteiger partial charge on any atom is -0.325 e. The fourth-order valence-electron chi connectivity index (χ4n) is 2.43. The summed E-state index contributed by atoms with van der Waals surface area (Å²) in [7, 11) is 0. The van der Waals surface area contributed by atoms with Crippen LogP contribution in [0.15, 0.2) is 59.9 Å². The van der Waals surface area contributed by atoms with E-state index in [-0.39, 0.29) is 11.8 Å². The smallest absolute Gasteiger partial charge is 0.325 e. The van der Waals surface area contributed by atoms with Crippen molar-refractivity contribution < 1.29 is 31.1 Å². The summed E-state index contributed by atoms with van der Waals surface area (Å²) in [5.41, 5.74) is -2.35. The topological polar surface area (TPSA) is 67.8 Å². The van der Waals surface area contributed by atoms with Crippen LogP contribution in [0.4, 0.5) is 32.0 Å². The molecule has 0 saturated carbocycles. The van der Waals surface area contributed by atoms with Crippen LogP contribution in [0.2, 0.25) is 0 Å². The molecule has 0 radical (unpaired) electrons. The summed E-state index contributed by atoms with van der Waals surface area (Å²) in [4.78, 5) is 16.0. The molecular weight excluding hydrogens is 446 g/mol. The highest BCUT2D eigenvalue weighted by atomic mass is 32.2. The number of nitrogens with one attached hydrogen (secondary N) is 1. The molecule has 0 spiro atoms. The standard InChI is InChI=1S/C19H12F6N4OS/c20-18(21,22)12-6-13(19(23,24)25)8-14(7-12)27-16(30)10-31-17-4-3-15(28-29-17)11-2-1-5-26-9-11/h1-9H,10H2,(H,27,30). The molecule has 0 aliphatic rings. The summed E-state index contributed by atoms with van der Waals surface area (Å²) in [5.74, 6) is -1.09. The third kappa shape index (κ3) is 6.17. The van der Waals surface area contributed by atoms with E-state index in [1.807, 2.05) is 0 Å². The molecule has 0 fully saturated rings. The minimum absolute atomic E-state index is 0.0101. The quantitative estimate of drug-likeness (QED) is 0.415. The van der Waals surface area contributed by atoms with Gasteiger partial charge in [-0.25, -0.2) is 0 Å². The first-order valence-electron chi connectivity index (χ1n) is 8.48. The van der Waals surface area contributed by atoms with Gasteiger partial charge in [0.15, 0.2) is 0 Å². The van der Waals surface area contributed by atoms with E-state index >= 15 is 0 Å². The van der Waals surface area contributed by atoms with Gasteiger partial charge in [0, 0.05) is 23.6 Å². The number of aromatic nitrogens is 3. The number of hydrogen-bond acceptors (Lipinski definition) is 5. The lowest BCUT2D eigenvalue weighted by molar-refractivity contribution is -0.143. The number of halogens is 6. The molecule has 0 aliphatic carbocycles. The first kappa shape index (κ1) is 22.5. The van der Waals surface area contributed by atoms with Gasteiger partial charge in [-0.1, -0.05) is 11.8 Å². The summed E-state index contributed by atoms with van der Waals surface area (Å²) in [5, 5.41) is 10.3. The van der Waals surface area contributed by atoms with E-state index in [2.05, 4.69) is 20.5 Å². The van der Waals surface area contributed by atoms with Crippen molar-refractivity contribution in [2.45, 2.75) is 17.4 Å². The average Bonchev–Trinajstić information content (AvgIpc) is 2.72. The Hall–Kier alpha value is -3.15. The number of thioether (sulfide) groups is 1. The van der Waals surface area contributed by atoms with E-state index in [0.29, 0.717) is 22.9 Å². The maximum Gasteiger partial charge on any atom is 0.416 e. The number of pyridine rings is 1. The molecule has 31 heavy (non-hydrogen) atoms. The monoisotopic (exact) mass is 458 g/mol. The van der Waals surface area contributed by atoms with Crippen molar-refractivity contribution in [1.29, 1.82) is 0 Å². The van der Waals surface area contributed by atoms with E-state index in [4.69, 9.17) is 0 Å². The Morgan fingerprint density at radius 3 is 2.13 bits per heavy atom. The molecule has 0 unspecified atom stereocenters. The Balaban J connectivity index is 1.67. The van der Waals surface area contributed by atoms with Crippen molar-refractivity contribution in [3.05, 3.63) is 66.0 Å². The second kappa shape index (κ2) is 8.92. The van der Waals surface area contributed by atoms with Gasteiger partial charge in [0.1, 0.15) is 5.03 Å². The molecule has 1 amide bonds. The predicted molar refractivity (Wildman–Crippen MR) is 101 cm³/mol. The van der Waals surface area contributed by atoms with Gasteiger partial charge in [0.2, 0.25) is 5.91 Å². The normalized spacial score (nSPS) is 11.9. The minimum atomic E-state index is -5.00. The van der Waals surface area contributed by atoms with Gasteiger partial charge in [-0.2, -0.15) is 26.3 Å². The molecule has 0 bridgehead atoms. The number of rotatable bonds is 5. The summed E-state index contributed by atoms with van der Waals surface area (Å²) in [6.07, 6.45) is -6.81. The van der Waals surface area contributed by atoms with Gasteiger partial charge in [0.05, 0.1) is 22.6 Å². The number of carbonyl (C=O) groups is 1. The van der Waals surface area contributed by atoms with Gasteiger partial charge in [0.25, 0.3) is 0 Å². The third-order valence-corrected chi connectivity index (χ3v) is 4.74. The van der Waals surface area contributed by atoms with Crippen LogP contribution in [0.1, 0.15) is 11.1 Å². The molecule has 1 N–H and O–H groups in total. The lowest BCUT2D eigenvalue weighted by atomic mass is 10.1. The Kier molecular flexibility index (Phi) is 6.48. The fraction of sp³-hybridized carbons (Fsp3) is 0.158. The van der Waals surface area contributed by atoms with Crippen LogP contribution in [0.25, 0.3) is 11.3 Å². The van der Waals surface area contributed by atoms with E-state index in [0.717, 1.165) is 17.3 Å². The summed E-state index contributed by atoms with van der Waals surface area (Å²) < 4.78 is 77.4. The van der Waals surface area contributed by atoms with Crippen LogP contribution in [0.5, 0.6) is 0 Å². The lowest BCUT2D eigenvalue weighted by Crippen LogP contribution is -2.17. The van der Waals surface area contributed by atoms with E-state index < -0.39 is 35.1 Å². The number of nitrogens with zero attached hydrogens (tertiary/aromatic N) is 3. The van der Waals surface area contributed by atoms with Crippen molar-refractivity contribution in [1.82, 2.24) is 15.2 Å². The van der Waals surface area contributed by atoms with Gasteiger partial charge < -0.3 is 5.32 Å². The number of amides is 1. The number of hydrogen-bond donors (Lipinski definition) is 1. The van der Waals surface area contributed by atoms with Crippen LogP contribution < -0.4 is 5.32 Å². The SMILES string of the molecule is O=C(CSc1ccc(-c2cccnc2)nn1)Nc1cc(C(F)(F)F)cc(C(F)(F)F)c1. The van der Waals surface area contributed by atoms with Gasteiger partial charge in [-0.15, -0.1) is 10.2 Å². The summed E-state index contributed by atoms with van der Waals surface area (Å²) in [6, 6.07) is 7.61. The molecule has 162 valence electrons. The van der Waals surface area contributed by atoms with Crippen LogP contribution in [0, 0.1) is 0 Å². The zero-order valence-electron chi connectivity index (χ0n) is 15.3. The summed E-state index contributed by atoms with van der Waals surface area (Å²) >= 11 is 0.925. The molecule has 2 aromatic heterocycles. The molecule has 0 atom stereocenters. The maximum absolute atomic E-state index is 12.9. The molecule has 1 aromatic carbocycles. The third-order valence-electron chi connectivity index (χ3n) is 3.82. The molecule has 0 saturated heterocycles. The maximum atomic E-state index is 12.9. The van der Waals surface area contributed by atoms with Gasteiger partial charge >= 0.3 is 12.4 Å². The van der Waals surface area contributed by atoms with Crippen molar-refractivity contribution in [2.75, 3.05) is 11.1 Å². The lowest BCUT2D eigenvalue weighted by Gasteiger charge is -2.14. The molecule has 12 heteroatoms. The van der Waals surface area contributed by atoms with Crippen molar-refractivity contribution in [2.24, 2.45) is 0 Å². The number of anilines is 1. The molecular formula is C19H12F6N4OS. The largest absolute Gasteiger partial charge is 0.416 e. The first-order chi connectivity index (χ1) is 14.5. The second-order valence-corrected chi connectivity index (χ2v) is 7.13. The van der Waals surface area contributed by atoms with Gasteiger partial charge in [-0.3, -0.25) is 9.78 Å². The Labute approximate surface area is 175 Å². The number of benzene rings is 1. The van der Waals surface area contributed by atoms with E-state index in [1.54, 1.807) is 36.7 Å². The first-order valence-corrected chi connectivity index (χ1v) is 9.47. The van der Waals surface area contributed by atoms with E-state index in [1.165, 1.54) is 0 Å². The average molecular weight is 458 g/mol. The molecule has 3 rings (SSSR count). The highest BCUT2D eigenvalue weighted by molar-refractivity contribution is 7.99. The fourth-order valence-corrected chi connectivity index (χ4v) is 3.04. The van der Waals surface area contributed by atoms with Crippen LogP contribution in [-0.2, 0) is 17.1 Å². The Bertz CT molecular complexity index is 1020. The Morgan fingerprint density at radius 1 is 0.935 bits per heavy atom. The van der Waals surface area contributed by atoms with Crippen LogP contribution in [0.3, 0.4) is 0 Å².